The molecule has 3 amide bonds. The Hall–Kier alpha value is -3.66. The van der Waals surface area contributed by atoms with Gasteiger partial charge in [0.15, 0.2) is 0 Å². The number of thiocarbonyl (C=S) groups is 1. The normalized spacial score (nSPS) is 16.9. The predicted molar refractivity (Wildman–Crippen MR) is 150 cm³/mol. The van der Waals surface area contributed by atoms with Crippen molar-refractivity contribution < 1.29 is 19.1 Å². The fourth-order valence-corrected chi connectivity index (χ4v) is 5.68. The van der Waals surface area contributed by atoms with Crippen LogP contribution in [-0.2, 0) is 20.9 Å². The Morgan fingerprint density at radius 1 is 0.973 bits per heavy atom. The van der Waals surface area contributed by atoms with E-state index in [0.29, 0.717) is 32.0 Å². The lowest BCUT2D eigenvalue weighted by molar-refractivity contribution is -0.122. The summed E-state index contributed by atoms with van der Waals surface area (Å²) in [5.41, 5.74) is 2.71. The van der Waals surface area contributed by atoms with Gasteiger partial charge in [-0.15, -0.1) is 0 Å². The molecular formula is C27H20ClN3O4S2. The monoisotopic (exact) mass is 549 g/mol. The Morgan fingerprint density at radius 3 is 2.41 bits per heavy atom. The largest absolute Gasteiger partial charge is 0.497 e. The highest BCUT2D eigenvalue weighted by molar-refractivity contribution is 8.26. The summed E-state index contributed by atoms with van der Waals surface area (Å²) in [6, 6.07) is 21.2. The van der Waals surface area contributed by atoms with Crippen molar-refractivity contribution in [2.24, 2.45) is 0 Å². The number of amides is 3. The topological polar surface area (TPSA) is 79.0 Å². The zero-order valence-corrected chi connectivity index (χ0v) is 22.0. The molecule has 3 aromatic rings. The van der Waals surface area contributed by atoms with Gasteiger partial charge in [0.1, 0.15) is 16.6 Å². The number of carbonyl (C=O) groups is 3. The van der Waals surface area contributed by atoms with Crippen molar-refractivity contribution in [3.8, 4) is 5.75 Å². The predicted octanol–water partition coefficient (Wildman–Crippen LogP) is 5.11. The van der Waals surface area contributed by atoms with E-state index in [2.05, 4.69) is 5.32 Å². The number of halogens is 1. The van der Waals surface area contributed by atoms with Crippen LogP contribution in [0.5, 0.6) is 5.75 Å². The van der Waals surface area contributed by atoms with E-state index in [-0.39, 0.29) is 35.4 Å². The lowest BCUT2D eigenvalue weighted by atomic mass is 10.1. The number of nitrogens with zero attached hydrogens (tertiary/aromatic N) is 2. The van der Waals surface area contributed by atoms with Gasteiger partial charge in [0, 0.05) is 16.3 Å². The number of fused-ring (bicyclic) bond motifs is 1. The first-order valence-corrected chi connectivity index (χ1v) is 12.8. The van der Waals surface area contributed by atoms with Crippen LogP contribution in [0.15, 0.2) is 77.7 Å². The minimum absolute atomic E-state index is 0.199. The van der Waals surface area contributed by atoms with E-state index < -0.39 is 5.91 Å². The molecule has 0 bridgehead atoms. The zero-order chi connectivity index (χ0) is 26.1. The molecule has 0 unspecified atom stereocenters. The van der Waals surface area contributed by atoms with E-state index in [1.165, 1.54) is 9.80 Å². The van der Waals surface area contributed by atoms with Gasteiger partial charge < -0.3 is 10.1 Å². The number of para-hydroxylation sites is 1. The second kappa shape index (κ2) is 10.4. The van der Waals surface area contributed by atoms with E-state index in [1.54, 1.807) is 61.7 Å². The fourth-order valence-electron chi connectivity index (χ4n) is 4.16. The van der Waals surface area contributed by atoms with Gasteiger partial charge in [-0.25, -0.2) is 0 Å². The number of anilines is 2. The number of hydrogen-bond donors (Lipinski definition) is 1. The number of rotatable bonds is 6. The van der Waals surface area contributed by atoms with Crippen molar-refractivity contribution in [3.63, 3.8) is 0 Å². The second-order valence-electron chi connectivity index (χ2n) is 8.24. The lowest BCUT2D eigenvalue weighted by Crippen LogP contribution is -2.35. The first-order valence-electron chi connectivity index (χ1n) is 11.2. The summed E-state index contributed by atoms with van der Waals surface area (Å²) in [5.74, 6) is -0.499. The van der Waals surface area contributed by atoms with Crippen LogP contribution in [0.25, 0.3) is 5.57 Å². The molecule has 2 heterocycles. The maximum absolute atomic E-state index is 13.6. The third-order valence-electron chi connectivity index (χ3n) is 5.96. The highest BCUT2D eigenvalue weighted by Gasteiger charge is 2.42. The summed E-state index contributed by atoms with van der Waals surface area (Å²) < 4.78 is 5.48. The van der Waals surface area contributed by atoms with Crippen LogP contribution in [0.1, 0.15) is 11.1 Å². The number of carbonyl (C=O) groups excluding carboxylic acids is 3. The Kier molecular flexibility index (Phi) is 7.01. The molecule has 186 valence electrons. The van der Waals surface area contributed by atoms with Gasteiger partial charge in [0.25, 0.3) is 11.8 Å². The van der Waals surface area contributed by atoms with E-state index in [0.717, 1.165) is 17.3 Å². The van der Waals surface area contributed by atoms with Gasteiger partial charge in [-0.1, -0.05) is 72.0 Å². The van der Waals surface area contributed by atoms with Crippen LogP contribution < -0.4 is 15.0 Å². The third kappa shape index (κ3) is 4.85. The highest BCUT2D eigenvalue weighted by Crippen LogP contribution is 2.45. The average molecular weight is 550 g/mol. The molecule has 10 heteroatoms. The van der Waals surface area contributed by atoms with Crippen LogP contribution >= 0.6 is 35.6 Å². The van der Waals surface area contributed by atoms with Crippen molar-refractivity contribution in [2.45, 2.75) is 6.54 Å². The zero-order valence-electron chi connectivity index (χ0n) is 19.6. The molecule has 5 rings (SSSR count). The van der Waals surface area contributed by atoms with E-state index in [1.807, 2.05) is 18.2 Å². The summed E-state index contributed by atoms with van der Waals surface area (Å²) >= 11 is 12.9. The highest BCUT2D eigenvalue weighted by atomic mass is 35.5. The molecular weight excluding hydrogens is 530 g/mol. The Labute approximate surface area is 228 Å². The number of nitrogens with one attached hydrogen (secondary N) is 1. The molecule has 0 spiro atoms. The molecule has 0 aliphatic carbocycles. The number of hydrogen-bond acceptors (Lipinski definition) is 6. The molecule has 0 saturated carbocycles. The number of methoxy groups -OCH3 is 1. The van der Waals surface area contributed by atoms with Gasteiger partial charge in [-0.05, 0) is 42.0 Å². The number of ether oxygens (including phenoxy) is 1. The first-order chi connectivity index (χ1) is 17.9. The van der Waals surface area contributed by atoms with Crippen molar-refractivity contribution in [1.82, 2.24) is 4.90 Å². The maximum atomic E-state index is 13.6. The smallest absolute Gasteiger partial charge is 0.267 e. The van der Waals surface area contributed by atoms with Crippen LogP contribution in [0, 0.1) is 0 Å². The summed E-state index contributed by atoms with van der Waals surface area (Å²) in [7, 11) is 1.56. The van der Waals surface area contributed by atoms with Crippen LogP contribution in [0.2, 0.25) is 5.02 Å². The molecule has 2 aliphatic heterocycles. The maximum Gasteiger partial charge on any atom is 0.267 e. The van der Waals surface area contributed by atoms with Crippen molar-refractivity contribution >= 4 is 74.6 Å². The third-order valence-corrected chi connectivity index (χ3v) is 7.78. The minimum Gasteiger partial charge on any atom is -0.497 e. The Morgan fingerprint density at radius 2 is 1.68 bits per heavy atom. The molecule has 1 saturated heterocycles. The SMILES string of the molecule is COc1ccc(NC(=O)CN2C(=O)/C(=C3\SC(=S)N(Cc4ccccc4Cl)C3=O)c3ccccc32)cc1. The van der Waals surface area contributed by atoms with Crippen LogP contribution in [0.3, 0.4) is 0 Å². The molecule has 2 aliphatic rings. The number of benzene rings is 3. The van der Waals surface area contributed by atoms with Crippen molar-refractivity contribution in [3.05, 3.63) is 93.9 Å². The quantitative estimate of drug-likeness (QED) is 0.340. The van der Waals surface area contributed by atoms with Gasteiger partial charge >= 0.3 is 0 Å². The van der Waals surface area contributed by atoms with Crippen LogP contribution in [0.4, 0.5) is 11.4 Å². The van der Waals surface area contributed by atoms with Crippen molar-refractivity contribution in [1.29, 1.82) is 0 Å². The van der Waals surface area contributed by atoms with Gasteiger partial charge in [-0.3, -0.25) is 24.2 Å². The molecule has 37 heavy (non-hydrogen) atoms. The Bertz CT molecular complexity index is 1470. The van der Waals surface area contributed by atoms with Gasteiger partial charge in [0.05, 0.1) is 29.8 Å². The average Bonchev–Trinajstić information content (AvgIpc) is 3.33. The molecule has 0 radical (unpaired) electrons. The fraction of sp³-hybridized carbons (Fsp3) is 0.111. The number of thioether (sulfide) groups is 1. The van der Waals surface area contributed by atoms with Crippen LogP contribution in [-0.4, -0.2) is 40.6 Å². The van der Waals surface area contributed by atoms with E-state index in [9.17, 15) is 14.4 Å². The Balaban J connectivity index is 1.41. The van der Waals surface area contributed by atoms with Gasteiger partial charge in [-0.2, -0.15) is 0 Å². The van der Waals surface area contributed by atoms with E-state index >= 15 is 0 Å². The molecule has 3 aromatic carbocycles. The minimum atomic E-state index is -0.427. The molecule has 1 fully saturated rings. The second-order valence-corrected chi connectivity index (χ2v) is 10.3. The summed E-state index contributed by atoms with van der Waals surface area (Å²) in [6.07, 6.45) is 0. The van der Waals surface area contributed by atoms with Gasteiger partial charge in [0.2, 0.25) is 5.91 Å². The first kappa shape index (κ1) is 25.0. The van der Waals surface area contributed by atoms with Crippen molar-refractivity contribution in [2.75, 3.05) is 23.9 Å². The molecule has 0 aromatic heterocycles. The summed E-state index contributed by atoms with van der Waals surface area (Å²) in [6.45, 7) is -0.0176. The summed E-state index contributed by atoms with van der Waals surface area (Å²) in [5, 5.41) is 3.32. The molecule has 1 N–H and O–H groups in total. The van der Waals surface area contributed by atoms with E-state index in [4.69, 9.17) is 28.6 Å². The molecule has 0 atom stereocenters. The lowest BCUT2D eigenvalue weighted by Gasteiger charge is -2.17. The summed E-state index contributed by atoms with van der Waals surface area (Å²) in [4.78, 5) is 43.0. The standard InChI is InChI=1S/C27H20ClN3O4S2/c1-35-18-12-10-17(11-13-18)29-22(32)15-30-21-9-5-3-7-19(21)23(25(30)33)24-26(34)31(27(36)37-24)14-16-6-2-4-8-20(16)28/h2-13H,14-15H2,1H3,(H,29,32)/b24-23-. The molecule has 7 nitrogen and oxygen atoms in total.